The molecule has 0 aromatic heterocycles. The van der Waals surface area contributed by atoms with Crippen LogP contribution in [0.4, 0.5) is 5.69 Å². The fraction of sp³-hybridized carbons (Fsp3) is 0.429. The van der Waals surface area contributed by atoms with E-state index in [0.717, 1.165) is 18.4 Å². The third-order valence-electron chi connectivity index (χ3n) is 2.89. The molecule has 0 spiro atoms. The number of carbonyl (C=O) groups excluding carboxylic acids is 2. The summed E-state index contributed by atoms with van der Waals surface area (Å²) in [7, 11) is 0. The largest absolute Gasteiger partial charge is 0.482 e. The maximum atomic E-state index is 11.7. The molecule has 2 amide bonds. The van der Waals surface area contributed by atoms with Crippen molar-refractivity contribution in [3.63, 3.8) is 0 Å². The number of hydrogen-bond acceptors (Lipinski definition) is 3. The number of carbonyl (C=O) groups is 2. The number of fused-ring (bicyclic) bond motifs is 1. The second kappa shape index (κ2) is 6.22. The van der Waals surface area contributed by atoms with Crippen molar-refractivity contribution < 1.29 is 14.3 Å². The highest BCUT2D eigenvalue weighted by molar-refractivity contribution is 5.95. The Morgan fingerprint density at radius 2 is 2.32 bits per heavy atom. The molecule has 0 saturated carbocycles. The van der Waals surface area contributed by atoms with Gasteiger partial charge in [-0.1, -0.05) is 19.4 Å². The van der Waals surface area contributed by atoms with Crippen LogP contribution < -0.4 is 15.4 Å². The first-order chi connectivity index (χ1) is 9.19. The van der Waals surface area contributed by atoms with Gasteiger partial charge in [-0.05, 0) is 24.1 Å². The van der Waals surface area contributed by atoms with Crippen molar-refractivity contribution in [3.8, 4) is 5.75 Å². The molecule has 1 aromatic carbocycles. The summed E-state index contributed by atoms with van der Waals surface area (Å²) in [6, 6.07) is 5.41. The molecule has 2 rings (SSSR count). The first kappa shape index (κ1) is 13.4. The van der Waals surface area contributed by atoms with Crippen LogP contribution in [-0.4, -0.2) is 25.0 Å². The molecule has 1 aromatic rings. The molecule has 1 aliphatic heterocycles. The Kier molecular flexibility index (Phi) is 4.39. The highest BCUT2D eigenvalue weighted by atomic mass is 16.5. The van der Waals surface area contributed by atoms with Gasteiger partial charge in [-0.3, -0.25) is 9.59 Å². The topological polar surface area (TPSA) is 67.4 Å². The van der Waals surface area contributed by atoms with Crippen LogP contribution in [0.2, 0.25) is 0 Å². The molecule has 5 heteroatoms. The second-order valence-electron chi connectivity index (χ2n) is 4.55. The molecule has 0 saturated heterocycles. The van der Waals surface area contributed by atoms with E-state index >= 15 is 0 Å². The highest BCUT2D eigenvalue weighted by Crippen LogP contribution is 2.28. The third kappa shape index (κ3) is 3.71. The van der Waals surface area contributed by atoms with E-state index in [1.807, 2.05) is 6.07 Å². The molecule has 0 radical (unpaired) electrons. The van der Waals surface area contributed by atoms with Crippen molar-refractivity contribution in [2.45, 2.75) is 26.2 Å². The zero-order chi connectivity index (χ0) is 13.7. The quantitative estimate of drug-likeness (QED) is 0.790. The van der Waals surface area contributed by atoms with Crippen LogP contribution in [0.5, 0.6) is 5.75 Å². The molecule has 1 aliphatic rings. The summed E-state index contributed by atoms with van der Waals surface area (Å²) in [6.07, 6.45) is 2.36. The molecule has 2 N–H and O–H groups in total. The summed E-state index contributed by atoms with van der Waals surface area (Å²) < 4.78 is 5.26. The van der Waals surface area contributed by atoms with Gasteiger partial charge in [0.25, 0.3) is 5.91 Å². The van der Waals surface area contributed by atoms with Crippen LogP contribution in [0.25, 0.3) is 0 Å². The molecule has 0 fully saturated rings. The van der Waals surface area contributed by atoms with Crippen LogP contribution in [-0.2, 0) is 16.0 Å². The Hall–Kier alpha value is -2.04. The van der Waals surface area contributed by atoms with Crippen LogP contribution in [0.1, 0.15) is 25.3 Å². The fourth-order valence-corrected chi connectivity index (χ4v) is 1.89. The van der Waals surface area contributed by atoms with E-state index in [1.54, 1.807) is 12.1 Å². The van der Waals surface area contributed by atoms with E-state index in [4.69, 9.17) is 4.74 Å². The van der Waals surface area contributed by atoms with E-state index in [1.165, 1.54) is 0 Å². The van der Waals surface area contributed by atoms with Gasteiger partial charge in [-0.15, -0.1) is 0 Å². The van der Waals surface area contributed by atoms with Crippen LogP contribution in [0.15, 0.2) is 18.2 Å². The van der Waals surface area contributed by atoms with Gasteiger partial charge in [-0.2, -0.15) is 0 Å². The predicted octanol–water partition coefficient (Wildman–Crippen LogP) is 1.48. The highest BCUT2D eigenvalue weighted by Gasteiger charge is 2.16. The van der Waals surface area contributed by atoms with E-state index < -0.39 is 0 Å². The molecular weight excluding hydrogens is 244 g/mol. The molecule has 5 nitrogen and oxygen atoms in total. The lowest BCUT2D eigenvalue weighted by Gasteiger charge is -2.18. The number of unbranched alkanes of at least 4 members (excludes halogenated alkanes) is 1. The zero-order valence-corrected chi connectivity index (χ0v) is 11.0. The first-order valence-electron chi connectivity index (χ1n) is 6.51. The Labute approximate surface area is 112 Å². The molecular formula is C14H18N2O3. The number of amides is 2. The lowest BCUT2D eigenvalue weighted by Crippen LogP contribution is -2.27. The fourth-order valence-electron chi connectivity index (χ4n) is 1.89. The molecule has 0 bridgehead atoms. The predicted molar refractivity (Wildman–Crippen MR) is 72.2 cm³/mol. The van der Waals surface area contributed by atoms with Crippen molar-refractivity contribution in [3.05, 3.63) is 23.8 Å². The van der Waals surface area contributed by atoms with Gasteiger partial charge in [-0.25, -0.2) is 0 Å². The van der Waals surface area contributed by atoms with Crippen molar-refractivity contribution in [1.29, 1.82) is 0 Å². The minimum absolute atomic E-state index is 0.00328. The smallest absolute Gasteiger partial charge is 0.262 e. The van der Waals surface area contributed by atoms with E-state index in [9.17, 15) is 9.59 Å². The van der Waals surface area contributed by atoms with E-state index in [2.05, 4.69) is 17.6 Å². The monoisotopic (exact) mass is 262 g/mol. The van der Waals surface area contributed by atoms with Crippen molar-refractivity contribution >= 4 is 17.5 Å². The Morgan fingerprint density at radius 3 is 3.11 bits per heavy atom. The number of rotatable bonds is 5. The van der Waals surface area contributed by atoms with Gasteiger partial charge >= 0.3 is 0 Å². The summed E-state index contributed by atoms with van der Waals surface area (Å²) in [4.78, 5) is 22.9. The van der Waals surface area contributed by atoms with Crippen molar-refractivity contribution in [1.82, 2.24) is 5.32 Å². The number of hydrogen-bond donors (Lipinski definition) is 2. The molecule has 19 heavy (non-hydrogen) atoms. The van der Waals surface area contributed by atoms with Crippen LogP contribution in [0, 0.1) is 0 Å². The summed E-state index contributed by atoms with van der Waals surface area (Å²) in [6.45, 7) is 2.84. The van der Waals surface area contributed by atoms with Gasteiger partial charge in [0.1, 0.15) is 5.75 Å². The van der Waals surface area contributed by atoms with Gasteiger partial charge in [0.15, 0.2) is 6.61 Å². The number of anilines is 1. The summed E-state index contributed by atoms with van der Waals surface area (Å²) in [5.41, 5.74) is 1.49. The maximum Gasteiger partial charge on any atom is 0.262 e. The minimum Gasteiger partial charge on any atom is -0.482 e. The standard InChI is InChI=1S/C14H18N2O3/c1-2-3-6-15-13(17)8-10-4-5-12-11(7-10)16-14(18)9-19-12/h4-5,7H,2-3,6,8-9H2,1H3,(H,15,17)(H,16,18). The number of ether oxygens (including phenoxy) is 1. The zero-order valence-electron chi connectivity index (χ0n) is 11.0. The summed E-state index contributed by atoms with van der Waals surface area (Å²) in [5.74, 6) is 0.475. The molecule has 0 unspecified atom stereocenters. The molecule has 0 aliphatic carbocycles. The van der Waals surface area contributed by atoms with Gasteiger partial charge < -0.3 is 15.4 Å². The Morgan fingerprint density at radius 1 is 1.47 bits per heavy atom. The summed E-state index contributed by atoms with van der Waals surface area (Å²) in [5, 5.41) is 5.59. The van der Waals surface area contributed by atoms with Gasteiger partial charge in [0, 0.05) is 6.54 Å². The van der Waals surface area contributed by atoms with Crippen LogP contribution in [0.3, 0.4) is 0 Å². The second-order valence-corrected chi connectivity index (χ2v) is 4.55. The lowest BCUT2D eigenvalue weighted by molar-refractivity contribution is -0.120. The minimum atomic E-state index is -0.169. The normalized spacial score (nSPS) is 13.2. The lowest BCUT2D eigenvalue weighted by atomic mass is 10.1. The number of nitrogens with one attached hydrogen (secondary N) is 2. The first-order valence-corrected chi connectivity index (χ1v) is 6.51. The number of benzene rings is 1. The molecule has 0 atom stereocenters. The van der Waals surface area contributed by atoms with Gasteiger partial charge in [0.05, 0.1) is 12.1 Å². The van der Waals surface area contributed by atoms with Crippen molar-refractivity contribution in [2.24, 2.45) is 0 Å². The Bertz CT molecular complexity index is 486. The third-order valence-corrected chi connectivity index (χ3v) is 2.89. The van der Waals surface area contributed by atoms with Crippen LogP contribution >= 0.6 is 0 Å². The maximum absolute atomic E-state index is 11.7. The summed E-state index contributed by atoms with van der Waals surface area (Å²) >= 11 is 0. The van der Waals surface area contributed by atoms with Crippen molar-refractivity contribution in [2.75, 3.05) is 18.5 Å². The Balaban J connectivity index is 1.96. The average Bonchev–Trinajstić information content (AvgIpc) is 2.38. The molecule has 102 valence electrons. The van der Waals surface area contributed by atoms with E-state index in [0.29, 0.717) is 24.4 Å². The molecule has 1 heterocycles. The SMILES string of the molecule is CCCCNC(=O)Cc1ccc2c(c1)NC(=O)CO2. The van der Waals surface area contributed by atoms with E-state index in [-0.39, 0.29) is 18.4 Å². The van der Waals surface area contributed by atoms with Gasteiger partial charge in [0.2, 0.25) is 5.91 Å². The average molecular weight is 262 g/mol.